The number of piperidine rings is 1. The first kappa shape index (κ1) is 16.8. The number of methoxy groups -OCH3 is 1. The molecule has 1 heterocycles. The Balaban J connectivity index is 1.82. The second kappa shape index (κ2) is 8.15. The number of likely N-dealkylation sites (tertiary alicyclic amines) is 1. The van der Waals surface area contributed by atoms with Crippen molar-refractivity contribution in [3.8, 4) is 5.75 Å². The Morgan fingerprint density at radius 1 is 1.50 bits per heavy atom. The highest BCUT2D eigenvalue weighted by molar-refractivity contribution is 5.95. The van der Waals surface area contributed by atoms with E-state index in [1.54, 1.807) is 25.3 Å². The maximum absolute atomic E-state index is 12.2. The number of hydrogen-bond acceptors (Lipinski definition) is 4. The minimum atomic E-state index is -0.0634. The minimum absolute atomic E-state index is 0.0634. The van der Waals surface area contributed by atoms with Gasteiger partial charge in [-0.3, -0.25) is 4.79 Å². The van der Waals surface area contributed by atoms with Crippen LogP contribution in [0, 0.1) is 12.8 Å². The van der Waals surface area contributed by atoms with Crippen molar-refractivity contribution < 1.29 is 14.6 Å². The van der Waals surface area contributed by atoms with Gasteiger partial charge in [0.25, 0.3) is 5.91 Å². The van der Waals surface area contributed by atoms with Crippen LogP contribution in [-0.4, -0.2) is 55.8 Å². The fraction of sp³-hybridized carbons (Fsp3) is 0.588. The van der Waals surface area contributed by atoms with E-state index in [2.05, 4.69) is 10.2 Å². The van der Waals surface area contributed by atoms with Crippen LogP contribution in [0.2, 0.25) is 0 Å². The zero-order valence-corrected chi connectivity index (χ0v) is 13.5. The Bertz CT molecular complexity index is 505. The molecule has 1 saturated heterocycles. The van der Waals surface area contributed by atoms with Gasteiger partial charge in [0.1, 0.15) is 5.75 Å². The first-order valence-corrected chi connectivity index (χ1v) is 7.89. The lowest BCUT2D eigenvalue weighted by atomic mass is 9.97. The zero-order chi connectivity index (χ0) is 15.9. The van der Waals surface area contributed by atoms with Crippen molar-refractivity contribution in [3.63, 3.8) is 0 Å². The number of carbonyl (C=O) groups excluding carboxylic acids is 1. The van der Waals surface area contributed by atoms with Crippen LogP contribution < -0.4 is 5.32 Å². The molecule has 1 atom stereocenters. The normalized spacial score (nSPS) is 19.1. The fourth-order valence-corrected chi connectivity index (χ4v) is 2.98. The van der Waals surface area contributed by atoms with Crippen molar-refractivity contribution in [1.29, 1.82) is 0 Å². The number of rotatable bonds is 6. The van der Waals surface area contributed by atoms with Gasteiger partial charge in [0.2, 0.25) is 0 Å². The van der Waals surface area contributed by atoms with E-state index < -0.39 is 0 Å². The molecule has 0 aliphatic carbocycles. The smallest absolute Gasteiger partial charge is 0.251 e. The van der Waals surface area contributed by atoms with E-state index in [1.807, 2.05) is 6.92 Å². The largest absolute Gasteiger partial charge is 0.508 e. The number of aromatic hydroxyl groups is 1. The second-order valence-electron chi connectivity index (χ2n) is 6.01. The molecule has 0 spiro atoms. The number of phenolic OH excluding ortho intramolecular Hbond substituents is 1. The Morgan fingerprint density at radius 3 is 3.05 bits per heavy atom. The molecular weight excluding hydrogens is 280 g/mol. The average molecular weight is 306 g/mol. The molecule has 5 heteroatoms. The molecule has 2 N–H and O–H groups in total. The third-order valence-electron chi connectivity index (χ3n) is 4.22. The first-order valence-electron chi connectivity index (χ1n) is 7.89. The van der Waals surface area contributed by atoms with Crippen LogP contribution in [0.1, 0.15) is 28.8 Å². The number of nitrogens with one attached hydrogen (secondary N) is 1. The molecule has 0 bridgehead atoms. The lowest BCUT2D eigenvalue weighted by Crippen LogP contribution is -2.42. The summed E-state index contributed by atoms with van der Waals surface area (Å²) in [6.45, 7) is 6.37. The number of nitrogens with zero attached hydrogens (tertiary/aromatic N) is 1. The van der Waals surface area contributed by atoms with E-state index >= 15 is 0 Å². The molecule has 1 fully saturated rings. The van der Waals surface area contributed by atoms with E-state index in [0.29, 0.717) is 18.0 Å². The molecule has 5 nitrogen and oxygen atoms in total. The Morgan fingerprint density at radius 2 is 2.32 bits per heavy atom. The van der Waals surface area contributed by atoms with Gasteiger partial charge in [-0.2, -0.15) is 0 Å². The molecule has 22 heavy (non-hydrogen) atoms. The Labute approximate surface area is 132 Å². The number of aryl methyl sites for hydroxylation is 1. The predicted molar refractivity (Wildman–Crippen MR) is 86.2 cm³/mol. The molecule has 1 unspecified atom stereocenters. The molecule has 0 saturated carbocycles. The van der Waals surface area contributed by atoms with Crippen LogP contribution in [0.3, 0.4) is 0 Å². The number of ether oxygens (including phenoxy) is 1. The maximum atomic E-state index is 12.2. The molecule has 1 aromatic rings. The van der Waals surface area contributed by atoms with E-state index in [9.17, 15) is 9.90 Å². The minimum Gasteiger partial charge on any atom is -0.508 e. The molecule has 122 valence electrons. The third-order valence-corrected chi connectivity index (χ3v) is 4.22. The van der Waals surface area contributed by atoms with Crippen molar-refractivity contribution in [1.82, 2.24) is 10.2 Å². The van der Waals surface area contributed by atoms with Gasteiger partial charge in [0.05, 0.1) is 6.61 Å². The van der Waals surface area contributed by atoms with Gasteiger partial charge >= 0.3 is 0 Å². The van der Waals surface area contributed by atoms with Crippen LogP contribution in [0.25, 0.3) is 0 Å². The zero-order valence-electron chi connectivity index (χ0n) is 13.5. The van der Waals surface area contributed by atoms with Crippen molar-refractivity contribution in [3.05, 3.63) is 29.3 Å². The fourth-order valence-electron chi connectivity index (χ4n) is 2.98. The van der Waals surface area contributed by atoms with Crippen molar-refractivity contribution in [2.45, 2.75) is 19.8 Å². The van der Waals surface area contributed by atoms with E-state index in [1.165, 1.54) is 6.42 Å². The second-order valence-corrected chi connectivity index (χ2v) is 6.01. The van der Waals surface area contributed by atoms with Crippen LogP contribution in [0.4, 0.5) is 0 Å². The predicted octanol–water partition coefficient (Wildman–Crippen LogP) is 1.79. The summed E-state index contributed by atoms with van der Waals surface area (Å²) in [7, 11) is 1.72. The third kappa shape index (κ3) is 4.71. The molecular formula is C17H26N2O3. The molecule has 1 aliphatic heterocycles. The summed E-state index contributed by atoms with van der Waals surface area (Å²) in [6.07, 6.45) is 2.32. The number of phenols is 1. The van der Waals surface area contributed by atoms with Gasteiger partial charge < -0.3 is 20.1 Å². The van der Waals surface area contributed by atoms with Gasteiger partial charge in [0, 0.05) is 32.3 Å². The lowest BCUT2D eigenvalue weighted by molar-refractivity contribution is 0.0912. The number of hydrogen-bond donors (Lipinski definition) is 2. The lowest BCUT2D eigenvalue weighted by Gasteiger charge is -2.32. The summed E-state index contributed by atoms with van der Waals surface area (Å²) in [5.41, 5.74) is 1.42. The number of carbonyl (C=O) groups is 1. The maximum Gasteiger partial charge on any atom is 0.251 e. The summed E-state index contributed by atoms with van der Waals surface area (Å²) >= 11 is 0. The van der Waals surface area contributed by atoms with Gasteiger partial charge in [-0.25, -0.2) is 0 Å². The number of benzene rings is 1. The quantitative estimate of drug-likeness (QED) is 0.841. The summed E-state index contributed by atoms with van der Waals surface area (Å²) in [4.78, 5) is 14.6. The Hall–Kier alpha value is -1.59. The van der Waals surface area contributed by atoms with Crippen LogP contribution >= 0.6 is 0 Å². The van der Waals surface area contributed by atoms with E-state index in [0.717, 1.165) is 38.2 Å². The van der Waals surface area contributed by atoms with E-state index in [-0.39, 0.29) is 11.7 Å². The highest BCUT2D eigenvalue weighted by Gasteiger charge is 2.20. The Kier molecular flexibility index (Phi) is 6.21. The summed E-state index contributed by atoms with van der Waals surface area (Å²) in [5, 5.41) is 12.4. The van der Waals surface area contributed by atoms with Gasteiger partial charge in [-0.15, -0.1) is 0 Å². The first-order chi connectivity index (χ1) is 10.6. The van der Waals surface area contributed by atoms with Crippen LogP contribution in [0.15, 0.2) is 18.2 Å². The number of amides is 1. The van der Waals surface area contributed by atoms with Gasteiger partial charge in [-0.05, 0) is 56.0 Å². The molecule has 2 rings (SSSR count). The highest BCUT2D eigenvalue weighted by Crippen LogP contribution is 2.17. The summed E-state index contributed by atoms with van der Waals surface area (Å²) in [6, 6.07) is 4.84. The van der Waals surface area contributed by atoms with Crippen molar-refractivity contribution >= 4 is 5.91 Å². The molecule has 0 radical (unpaired) electrons. The topological polar surface area (TPSA) is 61.8 Å². The summed E-state index contributed by atoms with van der Waals surface area (Å²) < 4.78 is 5.13. The van der Waals surface area contributed by atoms with Crippen LogP contribution in [0.5, 0.6) is 5.75 Å². The average Bonchev–Trinajstić information content (AvgIpc) is 2.51. The van der Waals surface area contributed by atoms with Crippen molar-refractivity contribution in [2.24, 2.45) is 5.92 Å². The van der Waals surface area contributed by atoms with Crippen LogP contribution in [-0.2, 0) is 4.74 Å². The molecule has 1 amide bonds. The molecule has 1 aliphatic rings. The SMILES string of the molecule is COCCN1CCCC(CNC(=O)c2ccc(O)cc2C)C1. The van der Waals surface area contributed by atoms with E-state index in [4.69, 9.17) is 4.74 Å². The summed E-state index contributed by atoms with van der Waals surface area (Å²) in [5.74, 6) is 0.619. The van der Waals surface area contributed by atoms with Gasteiger partial charge in [0.15, 0.2) is 0 Å². The highest BCUT2D eigenvalue weighted by atomic mass is 16.5. The van der Waals surface area contributed by atoms with Gasteiger partial charge in [-0.1, -0.05) is 0 Å². The molecule has 0 aromatic heterocycles. The standard InChI is InChI=1S/C17H26N2O3/c1-13-10-15(20)5-6-16(13)17(21)18-11-14-4-3-7-19(12-14)8-9-22-2/h5-6,10,14,20H,3-4,7-9,11-12H2,1-2H3,(H,18,21). The monoisotopic (exact) mass is 306 g/mol. The van der Waals surface area contributed by atoms with Crippen molar-refractivity contribution in [2.75, 3.05) is 39.9 Å². The molecule has 1 aromatic carbocycles.